The largest absolute Gasteiger partial charge is 0.508 e. The standard InChI is InChI=1S/C14H20O2/c1-3-4-5-6-7-8-16-14-10-12(2)9-13(15)11-14/h3,9-11,15H,1,4-8H2,2H3. The number of ether oxygens (including phenoxy) is 1. The second-order valence-electron chi connectivity index (χ2n) is 3.99. The van der Waals surface area contributed by atoms with E-state index in [9.17, 15) is 5.11 Å². The Morgan fingerprint density at radius 2 is 2.06 bits per heavy atom. The molecule has 0 aliphatic rings. The van der Waals surface area contributed by atoms with E-state index in [2.05, 4.69) is 6.58 Å². The van der Waals surface area contributed by atoms with Crippen LogP contribution in [-0.4, -0.2) is 11.7 Å². The molecule has 0 saturated heterocycles. The van der Waals surface area contributed by atoms with Gasteiger partial charge in [-0.05, 0) is 50.3 Å². The number of aromatic hydroxyl groups is 1. The zero-order chi connectivity index (χ0) is 11.8. The lowest BCUT2D eigenvalue weighted by Gasteiger charge is -2.07. The number of hydrogen-bond acceptors (Lipinski definition) is 2. The van der Waals surface area contributed by atoms with Crippen LogP contribution in [0.25, 0.3) is 0 Å². The van der Waals surface area contributed by atoms with Gasteiger partial charge in [0.25, 0.3) is 0 Å². The molecule has 0 amide bonds. The summed E-state index contributed by atoms with van der Waals surface area (Å²) in [4.78, 5) is 0. The van der Waals surface area contributed by atoms with Gasteiger partial charge in [0.05, 0.1) is 6.61 Å². The first-order valence-corrected chi connectivity index (χ1v) is 5.76. The van der Waals surface area contributed by atoms with Crippen molar-refractivity contribution in [1.82, 2.24) is 0 Å². The van der Waals surface area contributed by atoms with Crippen LogP contribution in [0.15, 0.2) is 30.9 Å². The van der Waals surface area contributed by atoms with Crippen molar-refractivity contribution in [3.8, 4) is 11.5 Å². The van der Waals surface area contributed by atoms with E-state index in [0.717, 1.165) is 30.6 Å². The summed E-state index contributed by atoms with van der Waals surface area (Å²) >= 11 is 0. The molecular formula is C14H20O2. The molecule has 0 heterocycles. The Morgan fingerprint density at radius 3 is 2.75 bits per heavy atom. The van der Waals surface area contributed by atoms with Crippen LogP contribution in [0.2, 0.25) is 0 Å². The highest BCUT2D eigenvalue weighted by Gasteiger charge is 1.98. The van der Waals surface area contributed by atoms with Crippen LogP contribution >= 0.6 is 0 Å². The molecule has 0 atom stereocenters. The van der Waals surface area contributed by atoms with Gasteiger partial charge in [-0.15, -0.1) is 6.58 Å². The van der Waals surface area contributed by atoms with Crippen molar-refractivity contribution in [2.45, 2.75) is 32.6 Å². The number of aryl methyl sites for hydroxylation is 1. The van der Waals surface area contributed by atoms with Gasteiger partial charge in [-0.2, -0.15) is 0 Å². The van der Waals surface area contributed by atoms with Crippen LogP contribution in [0.4, 0.5) is 0 Å². The van der Waals surface area contributed by atoms with E-state index in [0.29, 0.717) is 6.61 Å². The number of allylic oxidation sites excluding steroid dienone is 1. The summed E-state index contributed by atoms with van der Waals surface area (Å²) in [7, 11) is 0. The van der Waals surface area contributed by atoms with E-state index in [1.807, 2.05) is 19.1 Å². The minimum atomic E-state index is 0.265. The Bertz CT molecular complexity index is 311. The molecule has 0 saturated carbocycles. The summed E-state index contributed by atoms with van der Waals surface area (Å²) < 4.78 is 5.56. The second-order valence-corrected chi connectivity index (χ2v) is 3.99. The molecule has 0 aromatic heterocycles. The maximum atomic E-state index is 9.38. The Hall–Kier alpha value is -1.44. The number of phenols is 1. The number of rotatable bonds is 7. The molecule has 0 radical (unpaired) electrons. The molecule has 0 unspecified atom stereocenters. The smallest absolute Gasteiger partial charge is 0.123 e. The maximum Gasteiger partial charge on any atom is 0.123 e. The van der Waals surface area contributed by atoms with E-state index in [1.54, 1.807) is 12.1 Å². The molecular weight excluding hydrogens is 200 g/mol. The predicted octanol–water partition coefficient (Wildman–Crippen LogP) is 3.83. The van der Waals surface area contributed by atoms with Gasteiger partial charge in [0.15, 0.2) is 0 Å². The molecule has 0 aliphatic heterocycles. The highest BCUT2D eigenvalue weighted by atomic mass is 16.5. The number of benzene rings is 1. The molecule has 1 rings (SSSR count). The summed E-state index contributed by atoms with van der Waals surface area (Å²) in [6.45, 7) is 6.34. The minimum absolute atomic E-state index is 0.265. The zero-order valence-corrected chi connectivity index (χ0v) is 9.91. The monoisotopic (exact) mass is 220 g/mol. The van der Waals surface area contributed by atoms with E-state index in [4.69, 9.17) is 4.74 Å². The molecule has 2 nitrogen and oxygen atoms in total. The highest BCUT2D eigenvalue weighted by molar-refractivity contribution is 5.36. The van der Waals surface area contributed by atoms with Gasteiger partial charge < -0.3 is 9.84 Å². The molecule has 16 heavy (non-hydrogen) atoms. The van der Waals surface area contributed by atoms with Gasteiger partial charge in [0, 0.05) is 6.07 Å². The summed E-state index contributed by atoms with van der Waals surface area (Å²) in [5.41, 5.74) is 1.02. The molecule has 1 N–H and O–H groups in total. The fraction of sp³-hybridized carbons (Fsp3) is 0.429. The van der Waals surface area contributed by atoms with Crippen LogP contribution in [0.1, 0.15) is 31.2 Å². The maximum absolute atomic E-state index is 9.38. The van der Waals surface area contributed by atoms with E-state index < -0.39 is 0 Å². The lowest BCUT2D eigenvalue weighted by molar-refractivity contribution is 0.303. The molecule has 0 bridgehead atoms. The van der Waals surface area contributed by atoms with E-state index >= 15 is 0 Å². The number of hydrogen-bond donors (Lipinski definition) is 1. The first-order valence-electron chi connectivity index (χ1n) is 5.76. The molecule has 88 valence electrons. The Labute approximate surface area is 97.6 Å². The average Bonchev–Trinajstić information content (AvgIpc) is 2.22. The van der Waals surface area contributed by atoms with E-state index in [-0.39, 0.29) is 5.75 Å². The molecule has 0 fully saturated rings. The van der Waals surface area contributed by atoms with Crippen molar-refractivity contribution >= 4 is 0 Å². The summed E-state index contributed by atoms with van der Waals surface area (Å²) in [6, 6.07) is 5.30. The predicted molar refractivity (Wildman–Crippen MR) is 67.0 cm³/mol. The molecule has 0 spiro atoms. The van der Waals surface area contributed by atoms with Crippen LogP contribution in [0, 0.1) is 6.92 Å². The van der Waals surface area contributed by atoms with Gasteiger partial charge in [0.2, 0.25) is 0 Å². The molecule has 1 aromatic rings. The fourth-order valence-corrected chi connectivity index (χ4v) is 1.57. The zero-order valence-electron chi connectivity index (χ0n) is 9.91. The summed E-state index contributed by atoms with van der Waals surface area (Å²) in [5, 5.41) is 9.38. The Kier molecular flexibility index (Phi) is 5.48. The first kappa shape index (κ1) is 12.6. The van der Waals surface area contributed by atoms with Crippen LogP contribution in [0.5, 0.6) is 11.5 Å². The van der Waals surface area contributed by atoms with Crippen molar-refractivity contribution in [1.29, 1.82) is 0 Å². The van der Waals surface area contributed by atoms with Crippen LogP contribution in [0.3, 0.4) is 0 Å². The van der Waals surface area contributed by atoms with Crippen molar-refractivity contribution in [3.63, 3.8) is 0 Å². The normalized spacial score (nSPS) is 10.1. The van der Waals surface area contributed by atoms with Gasteiger partial charge >= 0.3 is 0 Å². The third-order valence-electron chi connectivity index (χ3n) is 2.36. The van der Waals surface area contributed by atoms with Crippen molar-refractivity contribution in [2.75, 3.05) is 6.61 Å². The van der Waals surface area contributed by atoms with Crippen molar-refractivity contribution in [3.05, 3.63) is 36.4 Å². The summed E-state index contributed by atoms with van der Waals surface area (Å²) in [6.07, 6.45) is 6.39. The topological polar surface area (TPSA) is 29.5 Å². The van der Waals surface area contributed by atoms with Crippen molar-refractivity contribution < 1.29 is 9.84 Å². The summed E-state index contributed by atoms with van der Waals surface area (Å²) in [5.74, 6) is 1.02. The lowest BCUT2D eigenvalue weighted by atomic mass is 10.2. The lowest BCUT2D eigenvalue weighted by Crippen LogP contribution is -1.97. The number of phenolic OH excluding ortho intramolecular Hbond substituents is 1. The Morgan fingerprint density at radius 1 is 1.25 bits per heavy atom. The molecule has 0 aliphatic carbocycles. The molecule has 1 aromatic carbocycles. The average molecular weight is 220 g/mol. The fourth-order valence-electron chi connectivity index (χ4n) is 1.57. The SMILES string of the molecule is C=CCCCCCOc1cc(C)cc(O)c1. The number of unbranched alkanes of at least 4 members (excludes halogenated alkanes) is 3. The van der Waals surface area contributed by atoms with E-state index in [1.165, 1.54) is 6.42 Å². The highest BCUT2D eigenvalue weighted by Crippen LogP contribution is 2.21. The van der Waals surface area contributed by atoms with Crippen molar-refractivity contribution in [2.24, 2.45) is 0 Å². The van der Waals surface area contributed by atoms with Crippen LogP contribution < -0.4 is 4.74 Å². The van der Waals surface area contributed by atoms with Gasteiger partial charge in [-0.3, -0.25) is 0 Å². The van der Waals surface area contributed by atoms with Gasteiger partial charge in [0.1, 0.15) is 11.5 Å². The Balaban J connectivity index is 2.23. The van der Waals surface area contributed by atoms with Crippen LogP contribution in [-0.2, 0) is 0 Å². The van der Waals surface area contributed by atoms with Gasteiger partial charge in [-0.25, -0.2) is 0 Å². The molecule has 2 heteroatoms. The quantitative estimate of drug-likeness (QED) is 0.559. The third kappa shape index (κ3) is 4.87. The first-order chi connectivity index (χ1) is 7.72. The minimum Gasteiger partial charge on any atom is -0.508 e. The second kappa shape index (κ2) is 6.94. The third-order valence-corrected chi connectivity index (χ3v) is 2.36. The van der Waals surface area contributed by atoms with Gasteiger partial charge in [-0.1, -0.05) is 6.08 Å².